The highest BCUT2D eigenvalue weighted by Gasteiger charge is 2.25. The zero-order chi connectivity index (χ0) is 22.3. The molecule has 4 heterocycles. The van der Waals surface area contributed by atoms with Gasteiger partial charge >= 0.3 is 0 Å². The monoisotopic (exact) mass is 440 g/mol. The standard InChI is InChI=1S/C23H36N8O/c1-4-24-23(31-12-13-32-21(18-31)20-16-27-28(3)17-20)26-15-19-6-7-25-22(14-19)30-10-8-29(5-2)9-11-30/h6-7,14,16-17,21H,4-5,8-13,15,18H2,1-3H3,(H,24,26). The molecule has 0 amide bonds. The molecule has 9 nitrogen and oxygen atoms in total. The lowest BCUT2D eigenvalue weighted by Crippen LogP contribution is -2.48. The molecule has 2 aromatic rings. The SMILES string of the molecule is CCNC(=NCc1ccnc(N2CCN(CC)CC2)c1)N1CCOC(c2cnn(C)c2)C1. The quantitative estimate of drug-likeness (QED) is 0.539. The Kier molecular flexibility index (Phi) is 7.59. The second kappa shape index (κ2) is 10.8. The molecule has 0 bridgehead atoms. The smallest absolute Gasteiger partial charge is 0.194 e. The van der Waals surface area contributed by atoms with Crippen LogP contribution in [0, 0.1) is 0 Å². The molecule has 9 heteroatoms. The highest BCUT2D eigenvalue weighted by Crippen LogP contribution is 2.22. The van der Waals surface area contributed by atoms with Gasteiger partial charge in [0.2, 0.25) is 0 Å². The summed E-state index contributed by atoms with van der Waals surface area (Å²) in [6.07, 6.45) is 5.83. The number of aromatic nitrogens is 3. The van der Waals surface area contributed by atoms with Gasteiger partial charge in [0, 0.05) is 64.3 Å². The van der Waals surface area contributed by atoms with E-state index in [9.17, 15) is 0 Å². The fourth-order valence-corrected chi connectivity index (χ4v) is 4.27. The molecule has 2 aromatic heterocycles. The number of likely N-dealkylation sites (N-methyl/N-ethyl adjacent to an activating group) is 1. The number of hydrogen-bond acceptors (Lipinski definition) is 6. The van der Waals surface area contributed by atoms with Crippen LogP contribution in [0.15, 0.2) is 35.7 Å². The van der Waals surface area contributed by atoms with E-state index in [1.807, 2.05) is 30.3 Å². The van der Waals surface area contributed by atoms with Crippen molar-refractivity contribution in [2.75, 3.05) is 63.9 Å². The molecule has 0 saturated carbocycles. The number of nitrogens with one attached hydrogen (secondary N) is 1. The second-order valence-electron chi connectivity index (χ2n) is 8.37. The van der Waals surface area contributed by atoms with Crippen molar-refractivity contribution >= 4 is 11.8 Å². The minimum absolute atomic E-state index is 0.00984. The van der Waals surface area contributed by atoms with Crippen LogP contribution < -0.4 is 10.2 Å². The molecular formula is C23H36N8O. The first-order valence-corrected chi connectivity index (χ1v) is 11.7. The number of aryl methyl sites for hydroxylation is 1. The number of ether oxygens (including phenoxy) is 1. The predicted molar refractivity (Wildman–Crippen MR) is 127 cm³/mol. The average molecular weight is 441 g/mol. The van der Waals surface area contributed by atoms with Gasteiger partial charge in [-0.1, -0.05) is 6.92 Å². The maximum Gasteiger partial charge on any atom is 0.194 e. The van der Waals surface area contributed by atoms with E-state index in [0.29, 0.717) is 13.2 Å². The number of rotatable bonds is 6. The maximum absolute atomic E-state index is 6.00. The number of aliphatic imine (C=N–C) groups is 1. The molecule has 4 rings (SSSR count). The van der Waals surface area contributed by atoms with E-state index in [-0.39, 0.29) is 6.10 Å². The van der Waals surface area contributed by atoms with E-state index in [2.05, 4.69) is 56.1 Å². The summed E-state index contributed by atoms with van der Waals surface area (Å²) in [4.78, 5) is 16.7. The summed E-state index contributed by atoms with van der Waals surface area (Å²) in [5, 5.41) is 7.75. The van der Waals surface area contributed by atoms with Crippen molar-refractivity contribution < 1.29 is 4.74 Å². The first kappa shape index (κ1) is 22.5. The molecule has 2 aliphatic heterocycles. The van der Waals surface area contributed by atoms with Gasteiger partial charge < -0.3 is 24.8 Å². The fraction of sp³-hybridized carbons (Fsp3) is 0.609. The van der Waals surface area contributed by atoms with Gasteiger partial charge in [-0.2, -0.15) is 5.10 Å². The van der Waals surface area contributed by atoms with Crippen molar-refractivity contribution in [2.24, 2.45) is 12.0 Å². The molecule has 1 N–H and O–H groups in total. The topological polar surface area (TPSA) is 74.1 Å². The molecular weight excluding hydrogens is 404 g/mol. The molecule has 32 heavy (non-hydrogen) atoms. The third-order valence-electron chi connectivity index (χ3n) is 6.16. The lowest BCUT2D eigenvalue weighted by Gasteiger charge is -2.35. The van der Waals surface area contributed by atoms with Crippen LogP contribution in [0.3, 0.4) is 0 Å². The van der Waals surface area contributed by atoms with Crippen LogP contribution in [-0.4, -0.2) is 89.5 Å². The van der Waals surface area contributed by atoms with Crippen LogP contribution >= 0.6 is 0 Å². The molecule has 0 radical (unpaired) electrons. The number of morpholine rings is 1. The minimum atomic E-state index is 0.00984. The normalized spacial score (nSPS) is 20.6. The third-order valence-corrected chi connectivity index (χ3v) is 6.16. The average Bonchev–Trinajstić information content (AvgIpc) is 3.28. The summed E-state index contributed by atoms with van der Waals surface area (Å²) in [6, 6.07) is 4.25. The summed E-state index contributed by atoms with van der Waals surface area (Å²) >= 11 is 0. The van der Waals surface area contributed by atoms with Gasteiger partial charge in [-0.3, -0.25) is 4.68 Å². The van der Waals surface area contributed by atoms with Crippen LogP contribution in [-0.2, 0) is 18.3 Å². The molecule has 0 spiro atoms. The highest BCUT2D eigenvalue weighted by atomic mass is 16.5. The van der Waals surface area contributed by atoms with Crippen LogP contribution in [0.2, 0.25) is 0 Å². The molecule has 1 unspecified atom stereocenters. The lowest BCUT2D eigenvalue weighted by molar-refractivity contribution is -0.00805. The summed E-state index contributed by atoms with van der Waals surface area (Å²) in [5.74, 6) is 1.99. The molecule has 0 aliphatic carbocycles. The molecule has 2 saturated heterocycles. The summed E-state index contributed by atoms with van der Waals surface area (Å²) in [6.45, 7) is 13.4. The Labute approximate surface area is 191 Å². The Morgan fingerprint density at radius 2 is 2.06 bits per heavy atom. The molecule has 1 atom stereocenters. The van der Waals surface area contributed by atoms with E-state index >= 15 is 0 Å². The summed E-state index contributed by atoms with van der Waals surface area (Å²) in [5.41, 5.74) is 2.29. The van der Waals surface area contributed by atoms with Gasteiger partial charge in [-0.05, 0) is 31.2 Å². The molecule has 0 aromatic carbocycles. The van der Waals surface area contributed by atoms with Gasteiger partial charge in [0.25, 0.3) is 0 Å². The lowest BCUT2D eigenvalue weighted by atomic mass is 10.1. The van der Waals surface area contributed by atoms with E-state index in [4.69, 9.17) is 9.73 Å². The van der Waals surface area contributed by atoms with Gasteiger partial charge in [0.1, 0.15) is 11.9 Å². The Bertz CT molecular complexity index is 890. The van der Waals surface area contributed by atoms with Crippen LogP contribution in [0.1, 0.15) is 31.1 Å². The van der Waals surface area contributed by atoms with Gasteiger partial charge in [0.05, 0.1) is 25.9 Å². The highest BCUT2D eigenvalue weighted by molar-refractivity contribution is 5.80. The number of guanidine groups is 1. The van der Waals surface area contributed by atoms with Crippen LogP contribution in [0.25, 0.3) is 0 Å². The summed E-state index contributed by atoms with van der Waals surface area (Å²) in [7, 11) is 1.93. The first-order valence-electron chi connectivity index (χ1n) is 11.7. The minimum Gasteiger partial charge on any atom is -0.370 e. The Hall–Kier alpha value is -2.65. The van der Waals surface area contributed by atoms with Crippen molar-refractivity contribution in [2.45, 2.75) is 26.5 Å². The fourth-order valence-electron chi connectivity index (χ4n) is 4.27. The second-order valence-corrected chi connectivity index (χ2v) is 8.37. The van der Waals surface area contributed by atoms with E-state index < -0.39 is 0 Å². The maximum atomic E-state index is 6.00. The van der Waals surface area contributed by atoms with Gasteiger partial charge in [0.15, 0.2) is 5.96 Å². The van der Waals surface area contributed by atoms with E-state index in [0.717, 1.165) is 69.7 Å². The van der Waals surface area contributed by atoms with Crippen LogP contribution in [0.5, 0.6) is 0 Å². The Morgan fingerprint density at radius 3 is 2.78 bits per heavy atom. The number of pyridine rings is 1. The van der Waals surface area contributed by atoms with Crippen molar-refractivity contribution in [3.05, 3.63) is 41.9 Å². The predicted octanol–water partition coefficient (Wildman–Crippen LogP) is 1.50. The number of anilines is 1. The number of nitrogens with zero attached hydrogens (tertiary/aromatic N) is 7. The van der Waals surface area contributed by atoms with Gasteiger partial charge in [-0.25, -0.2) is 9.98 Å². The third kappa shape index (κ3) is 5.58. The largest absolute Gasteiger partial charge is 0.370 e. The molecule has 174 valence electrons. The summed E-state index contributed by atoms with van der Waals surface area (Å²) < 4.78 is 7.82. The number of piperazine rings is 1. The first-order chi connectivity index (χ1) is 15.7. The van der Waals surface area contributed by atoms with Gasteiger partial charge in [-0.15, -0.1) is 0 Å². The number of hydrogen-bond donors (Lipinski definition) is 1. The molecule has 2 aliphatic rings. The zero-order valence-electron chi connectivity index (χ0n) is 19.6. The molecule has 2 fully saturated rings. The Morgan fingerprint density at radius 1 is 1.22 bits per heavy atom. The van der Waals surface area contributed by atoms with Crippen molar-refractivity contribution in [3.8, 4) is 0 Å². The van der Waals surface area contributed by atoms with Crippen LogP contribution in [0.4, 0.5) is 5.82 Å². The van der Waals surface area contributed by atoms with Crippen molar-refractivity contribution in [1.82, 2.24) is 29.9 Å². The van der Waals surface area contributed by atoms with Crippen molar-refractivity contribution in [1.29, 1.82) is 0 Å². The van der Waals surface area contributed by atoms with E-state index in [1.54, 1.807) is 0 Å². The van der Waals surface area contributed by atoms with Crippen molar-refractivity contribution in [3.63, 3.8) is 0 Å². The Balaban J connectivity index is 1.42. The zero-order valence-corrected chi connectivity index (χ0v) is 19.6. The van der Waals surface area contributed by atoms with E-state index in [1.165, 1.54) is 5.56 Å².